The van der Waals surface area contributed by atoms with Crippen LogP contribution in [-0.2, 0) is 29.1 Å². The standard InChI is InChI=1S/C17H19N5O5/c18-7-11-6-15(23)22-14(21-11)8-20-17(25)16(24)19-4-3-10-1-2-12-13(5-10)27-9-26-12/h1-2,5-6H,3-4,7-9,18H2,(H,19,24)(H,20,25)(H,21,22,23). The molecule has 2 amide bonds. The van der Waals surface area contributed by atoms with Gasteiger partial charge in [-0.25, -0.2) is 4.98 Å². The van der Waals surface area contributed by atoms with Gasteiger partial charge in [-0.2, -0.15) is 0 Å². The number of benzene rings is 1. The minimum Gasteiger partial charge on any atom is -0.454 e. The number of H-pyrrole nitrogens is 1. The van der Waals surface area contributed by atoms with Crippen LogP contribution in [-0.4, -0.2) is 35.1 Å². The van der Waals surface area contributed by atoms with Crippen LogP contribution in [0.25, 0.3) is 0 Å². The number of hydrogen-bond donors (Lipinski definition) is 4. The van der Waals surface area contributed by atoms with Crippen LogP contribution in [0, 0.1) is 0 Å². The Bertz CT molecular complexity index is 911. The molecule has 0 aliphatic carbocycles. The number of carbonyl (C=O) groups excluding carboxylic acids is 2. The molecule has 2 aromatic rings. The van der Waals surface area contributed by atoms with Crippen LogP contribution in [0.4, 0.5) is 0 Å². The van der Waals surface area contributed by atoms with E-state index in [4.69, 9.17) is 15.2 Å². The summed E-state index contributed by atoms with van der Waals surface area (Å²) >= 11 is 0. The Hall–Kier alpha value is -3.40. The highest BCUT2D eigenvalue weighted by Crippen LogP contribution is 2.32. The molecule has 0 unspecified atom stereocenters. The molecule has 2 heterocycles. The lowest BCUT2D eigenvalue weighted by atomic mass is 10.1. The molecular weight excluding hydrogens is 354 g/mol. The summed E-state index contributed by atoms with van der Waals surface area (Å²) in [6.07, 6.45) is 0.531. The molecule has 0 radical (unpaired) electrons. The summed E-state index contributed by atoms with van der Waals surface area (Å²) in [5, 5.41) is 4.93. The monoisotopic (exact) mass is 373 g/mol. The highest BCUT2D eigenvalue weighted by atomic mass is 16.7. The first kappa shape index (κ1) is 18.4. The Morgan fingerprint density at radius 2 is 1.93 bits per heavy atom. The van der Waals surface area contributed by atoms with Crippen molar-refractivity contribution in [3.63, 3.8) is 0 Å². The van der Waals surface area contributed by atoms with E-state index in [1.165, 1.54) is 6.07 Å². The van der Waals surface area contributed by atoms with Gasteiger partial charge in [0.1, 0.15) is 5.82 Å². The highest BCUT2D eigenvalue weighted by molar-refractivity contribution is 6.35. The van der Waals surface area contributed by atoms with E-state index in [2.05, 4.69) is 20.6 Å². The fourth-order valence-electron chi connectivity index (χ4n) is 2.49. The van der Waals surface area contributed by atoms with Gasteiger partial charge in [0.15, 0.2) is 11.5 Å². The zero-order valence-corrected chi connectivity index (χ0v) is 14.4. The molecule has 142 valence electrons. The lowest BCUT2D eigenvalue weighted by molar-refractivity contribution is -0.139. The third kappa shape index (κ3) is 4.82. The van der Waals surface area contributed by atoms with Crippen molar-refractivity contribution in [3.05, 3.63) is 51.7 Å². The van der Waals surface area contributed by atoms with E-state index in [1.54, 1.807) is 6.07 Å². The zero-order valence-electron chi connectivity index (χ0n) is 14.4. The molecule has 1 aliphatic heterocycles. The fourth-order valence-corrected chi connectivity index (χ4v) is 2.49. The van der Waals surface area contributed by atoms with E-state index >= 15 is 0 Å². The fraction of sp³-hybridized carbons (Fsp3) is 0.294. The number of aromatic nitrogens is 2. The maximum atomic E-state index is 11.9. The lowest BCUT2D eigenvalue weighted by Gasteiger charge is -2.07. The van der Waals surface area contributed by atoms with Gasteiger partial charge in [0.05, 0.1) is 12.2 Å². The van der Waals surface area contributed by atoms with Crippen LogP contribution in [0.15, 0.2) is 29.1 Å². The number of aromatic amines is 1. The van der Waals surface area contributed by atoms with Gasteiger partial charge in [-0.1, -0.05) is 6.07 Å². The van der Waals surface area contributed by atoms with Crippen LogP contribution < -0.4 is 31.4 Å². The molecule has 5 N–H and O–H groups in total. The number of nitrogens with zero attached hydrogens (tertiary/aromatic N) is 1. The average molecular weight is 373 g/mol. The summed E-state index contributed by atoms with van der Waals surface area (Å²) in [5.41, 5.74) is 6.41. The van der Waals surface area contributed by atoms with Gasteiger partial charge < -0.3 is 30.8 Å². The van der Waals surface area contributed by atoms with Crippen LogP contribution in [0.5, 0.6) is 11.5 Å². The largest absolute Gasteiger partial charge is 0.454 e. The number of fused-ring (bicyclic) bond motifs is 1. The first-order chi connectivity index (χ1) is 13.0. The topological polar surface area (TPSA) is 148 Å². The Kier molecular flexibility index (Phi) is 5.67. The van der Waals surface area contributed by atoms with Gasteiger partial charge in [-0.05, 0) is 24.1 Å². The number of carbonyl (C=O) groups is 2. The quantitative estimate of drug-likeness (QED) is 0.471. The minimum absolute atomic E-state index is 0.0858. The SMILES string of the molecule is NCc1cc(=O)[nH]c(CNC(=O)C(=O)NCCc2ccc3c(c2)OCO3)n1. The molecule has 0 atom stereocenters. The first-order valence-corrected chi connectivity index (χ1v) is 8.29. The van der Waals surface area contributed by atoms with E-state index < -0.39 is 11.8 Å². The number of nitrogens with two attached hydrogens (primary N) is 1. The molecule has 0 bridgehead atoms. The van der Waals surface area contributed by atoms with Gasteiger partial charge in [0.25, 0.3) is 5.56 Å². The Labute approximate surface area is 154 Å². The van der Waals surface area contributed by atoms with Crippen molar-refractivity contribution in [2.24, 2.45) is 5.73 Å². The third-order valence-corrected chi connectivity index (χ3v) is 3.81. The molecule has 27 heavy (non-hydrogen) atoms. The van der Waals surface area contributed by atoms with E-state index in [1.807, 2.05) is 12.1 Å². The van der Waals surface area contributed by atoms with E-state index in [0.717, 1.165) is 5.56 Å². The molecule has 0 fully saturated rings. The summed E-state index contributed by atoms with van der Waals surface area (Å²) in [5.74, 6) is -0.00990. The smallest absolute Gasteiger partial charge is 0.309 e. The van der Waals surface area contributed by atoms with Crippen molar-refractivity contribution in [2.75, 3.05) is 13.3 Å². The lowest BCUT2D eigenvalue weighted by Crippen LogP contribution is -2.40. The predicted molar refractivity (Wildman–Crippen MR) is 93.9 cm³/mol. The van der Waals surface area contributed by atoms with Gasteiger partial charge in [0, 0.05) is 19.2 Å². The maximum Gasteiger partial charge on any atom is 0.309 e. The maximum absolute atomic E-state index is 11.9. The van der Waals surface area contributed by atoms with Crippen molar-refractivity contribution in [3.8, 4) is 11.5 Å². The second kappa shape index (κ2) is 8.32. The van der Waals surface area contributed by atoms with Crippen molar-refractivity contribution >= 4 is 11.8 Å². The van der Waals surface area contributed by atoms with Gasteiger partial charge in [-0.3, -0.25) is 14.4 Å². The van der Waals surface area contributed by atoms with E-state index in [0.29, 0.717) is 23.6 Å². The number of ether oxygens (including phenoxy) is 2. The molecule has 10 nitrogen and oxygen atoms in total. The van der Waals surface area contributed by atoms with Crippen LogP contribution in [0.2, 0.25) is 0 Å². The number of rotatable bonds is 6. The Morgan fingerprint density at radius 3 is 2.74 bits per heavy atom. The number of hydrogen-bond acceptors (Lipinski definition) is 7. The molecule has 3 rings (SSSR count). The zero-order chi connectivity index (χ0) is 19.2. The number of amides is 2. The molecule has 1 aliphatic rings. The molecule has 0 saturated carbocycles. The van der Waals surface area contributed by atoms with Crippen molar-refractivity contribution in [1.29, 1.82) is 0 Å². The molecule has 10 heteroatoms. The first-order valence-electron chi connectivity index (χ1n) is 8.29. The molecule has 0 spiro atoms. The number of nitrogens with one attached hydrogen (secondary N) is 3. The summed E-state index contributed by atoms with van der Waals surface area (Å²) in [6, 6.07) is 6.77. The minimum atomic E-state index is -0.818. The molecule has 1 aromatic carbocycles. The normalized spacial score (nSPS) is 11.9. The van der Waals surface area contributed by atoms with Crippen LogP contribution in [0.3, 0.4) is 0 Å². The second-order valence-corrected chi connectivity index (χ2v) is 5.76. The van der Waals surface area contributed by atoms with Gasteiger partial charge in [-0.15, -0.1) is 0 Å². The van der Waals surface area contributed by atoms with Gasteiger partial charge >= 0.3 is 11.8 Å². The van der Waals surface area contributed by atoms with E-state index in [-0.39, 0.29) is 37.8 Å². The predicted octanol–water partition coefficient (Wildman–Crippen LogP) is -1.07. The Balaban J connectivity index is 1.44. The summed E-state index contributed by atoms with van der Waals surface area (Å²) in [6.45, 7) is 0.496. The average Bonchev–Trinajstić information content (AvgIpc) is 3.13. The summed E-state index contributed by atoms with van der Waals surface area (Å²) in [7, 11) is 0. The van der Waals surface area contributed by atoms with E-state index in [9.17, 15) is 14.4 Å². The third-order valence-electron chi connectivity index (χ3n) is 3.81. The summed E-state index contributed by atoms with van der Waals surface area (Å²) < 4.78 is 10.5. The van der Waals surface area contributed by atoms with Crippen molar-refractivity contribution in [1.82, 2.24) is 20.6 Å². The molecule has 1 aromatic heterocycles. The highest BCUT2D eigenvalue weighted by Gasteiger charge is 2.15. The van der Waals surface area contributed by atoms with Crippen LogP contribution in [0.1, 0.15) is 17.1 Å². The molecular formula is C17H19N5O5. The Morgan fingerprint density at radius 1 is 1.15 bits per heavy atom. The van der Waals surface area contributed by atoms with Crippen molar-refractivity contribution in [2.45, 2.75) is 19.5 Å². The van der Waals surface area contributed by atoms with Gasteiger partial charge in [0.2, 0.25) is 6.79 Å². The van der Waals surface area contributed by atoms with Crippen molar-refractivity contribution < 1.29 is 19.1 Å². The second-order valence-electron chi connectivity index (χ2n) is 5.76. The summed E-state index contributed by atoms with van der Waals surface area (Å²) in [4.78, 5) is 41.7. The molecule has 0 saturated heterocycles. The van der Waals surface area contributed by atoms with Crippen LogP contribution >= 0.6 is 0 Å².